The van der Waals surface area contributed by atoms with Crippen molar-refractivity contribution in [2.45, 2.75) is 351 Å². The first-order chi connectivity index (χ1) is 62.6. The molecule has 8 saturated heterocycles. The average Bonchev–Trinajstić information content (AvgIpc) is 0.957. The Labute approximate surface area is 783 Å². The first kappa shape index (κ1) is 103. The van der Waals surface area contributed by atoms with E-state index in [1.165, 1.54) is 65.2 Å². The maximum atomic E-state index is 12.1. The van der Waals surface area contributed by atoms with Crippen molar-refractivity contribution in [3.8, 4) is 0 Å². The number of esters is 13. The quantitative estimate of drug-likeness (QED) is 0.0384. The third-order valence-corrected chi connectivity index (χ3v) is 34.8. The van der Waals surface area contributed by atoms with Gasteiger partial charge in [0.05, 0.1) is 51.0 Å². The van der Waals surface area contributed by atoms with Crippen LogP contribution in [0, 0.1) is 87.8 Å². The van der Waals surface area contributed by atoms with Gasteiger partial charge < -0.3 is 76.2 Å². The van der Waals surface area contributed by atoms with Crippen LogP contribution >= 0.6 is 0 Å². The van der Waals surface area contributed by atoms with Gasteiger partial charge in [0.15, 0.2) is 50.8 Å². The first-order valence-corrected chi connectivity index (χ1v) is 50.3. The lowest BCUT2D eigenvalue weighted by Gasteiger charge is -2.61. The average molecular weight is 1920 g/mol. The second kappa shape index (κ2) is 39.8. The topological polar surface area (TPSA) is 467 Å². The van der Waals surface area contributed by atoms with Crippen molar-refractivity contribution in [1.29, 1.82) is 0 Å². The van der Waals surface area contributed by atoms with E-state index in [-0.39, 0.29) is 112 Å². The number of hydrogen-bond donors (Lipinski definition) is 1. The Morgan fingerprint density at radius 3 is 1.15 bits per heavy atom. The summed E-state index contributed by atoms with van der Waals surface area (Å²) in [5.74, 6) is -2.38. The third kappa shape index (κ3) is 21.8. The predicted molar refractivity (Wildman–Crippen MR) is 469 cm³/mol. The summed E-state index contributed by atoms with van der Waals surface area (Å²) in [6.45, 7) is 41.1. The van der Waals surface area contributed by atoms with Gasteiger partial charge in [0.1, 0.15) is 53.4 Å². The predicted octanol–water partition coefficient (Wildman–Crippen LogP) is 10.1. The minimum atomic E-state index is -3.53. The van der Waals surface area contributed by atoms with Gasteiger partial charge >= 0.3 is 77.6 Å². The Balaban J connectivity index is 0.000000133. The second-order valence-corrected chi connectivity index (χ2v) is 46.3. The Kier molecular flexibility index (Phi) is 30.5. The van der Waals surface area contributed by atoms with Crippen LogP contribution in [0.1, 0.15) is 245 Å². The van der Waals surface area contributed by atoms with Gasteiger partial charge in [0.2, 0.25) is 0 Å². The van der Waals surface area contributed by atoms with Gasteiger partial charge in [-0.15, -0.1) is 0 Å². The molecule has 21 rings (SSSR count). The number of hydrogen-bond acceptors (Lipinski definition) is 35. The van der Waals surface area contributed by atoms with Crippen molar-refractivity contribution in [2.75, 3.05) is 26.4 Å². The van der Waals surface area contributed by atoms with Crippen molar-refractivity contribution >= 4 is 97.8 Å². The summed E-state index contributed by atoms with van der Waals surface area (Å²) in [7, 11) is -7.05. The zero-order valence-corrected chi connectivity index (χ0v) is 81.0. The van der Waals surface area contributed by atoms with E-state index in [4.69, 9.17) is 79.4 Å². The molecule has 8 aliphatic heterocycles. The standard InChI is InChI=1S/C17H26O2.C15H22O7S.C15H20O7.C14H20O3.C13H16O7S.C13H14O7.C10H16O2/c1-10(2)16(18)19-17(11(3)4)14-6-12-5-13(8-14)9-15(17)7-12;1-4-15(2,3)14(17)20-7-11(16)21-12-8-5-9-10(6-8)23(18,19)22-13(9)12;1-4-15(2,3)14(18)19-6-9(16)21-11-8-5-7-10(20-8)12(11)22-13(7)17;1-9(2)12(15)17-14-6-10-3-11(7-14)5-13(16,4-10)8-14;1-6(2)13(15)18-5-10(14)19-11-7-3-8-9(4-7)21(16,17)20-12(8)11;1-5(2)12(15)17-4-8(14)19-10-7-3-6-9(18-7)11(10)20-13(6)16;1-8(2)9(11)12-10(3)6-4-5-7-10/h11-15H,1,5-9H2,2-4H3;8-10,12-13H,4-7H2,1-3H3;7-8,10-12H,4-6H2,1-3H3;10-11,16H,1,3-8H2,2H3;7-9,11-12H,1,3-5H2,2H3;6-7,9-11H,1,3-4H2,2H3;1,4-7H2,2-3H3. The van der Waals surface area contributed by atoms with E-state index < -0.39 is 176 Å². The van der Waals surface area contributed by atoms with Crippen molar-refractivity contribution in [2.24, 2.45) is 87.8 Å². The van der Waals surface area contributed by atoms with E-state index in [0.717, 1.165) is 50.4 Å². The molecule has 0 aromatic rings. The summed E-state index contributed by atoms with van der Waals surface area (Å²) in [5, 5.41) is 9.60. The van der Waals surface area contributed by atoms with Crippen molar-refractivity contribution in [3.63, 3.8) is 0 Å². The molecule has 1 N–H and O–H groups in total. The molecule has 0 amide bonds. The molecule has 744 valence electrons. The van der Waals surface area contributed by atoms with Crippen LogP contribution in [0.2, 0.25) is 0 Å². The van der Waals surface area contributed by atoms with E-state index in [9.17, 15) is 84.3 Å². The highest BCUT2D eigenvalue weighted by Crippen LogP contribution is 2.64. The summed E-state index contributed by atoms with van der Waals surface area (Å²) < 4.78 is 137. The summed E-state index contributed by atoms with van der Waals surface area (Å²) in [5.41, 5.74) is -0.797. The van der Waals surface area contributed by atoms with Crippen molar-refractivity contribution < 1.29 is 164 Å². The summed E-state index contributed by atoms with van der Waals surface area (Å²) in [6, 6.07) is 0. The largest absolute Gasteiger partial charge is 0.457 e. The highest BCUT2D eigenvalue weighted by molar-refractivity contribution is 7.88. The van der Waals surface area contributed by atoms with Gasteiger partial charge in [-0.2, -0.15) is 16.8 Å². The van der Waals surface area contributed by atoms with Crippen LogP contribution in [0.5, 0.6) is 0 Å². The van der Waals surface area contributed by atoms with Gasteiger partial charge in [-0.3, -0.25) is 27.5 Å². The fourth-order valence-corrected chi connectivity index (χ4v) is 28.2. The second-order valence-electron chi connectivity index (χ2n) is 42.7. The SMILES string of the molecule is C=C(C)C(=O)OC1(C(C)C)C2CC3CC(C2)CC1C3.C=C(C)C(=O)OC1(C)CCCC1.C=C(C)C(=O)OC12CC3CC(CC(O)(C3)C1)C2.C=C(C)C(=O)OCC(=O)OC1C2CC3C(=O)OC1C3O2.C=C(C)C(=O)OCC(=O)OC1C2CC3C1OS(=O)(=O)C3C2.CCC(C)(C)C(=O)OCC(=O)OC1C2CC3C(=O)OC1C3O2.CCC(C)(C)C(=O)OCC(=O)OC1C2CC3C1OS(=O)(=O)C3C2. The summed E-state index contributed by atoms with van der Waals surface area (Å²) >= 11 is 0. The monoisotopic (exact) mass is 1920 g/mol. The van der Waals surface area contributed by atoms with Crippen LogP contribution in [-0.2, 0) is 162 Å². The number of ether oxygens (including phenoxy) is 15. The van der Waals surface area contributed by atoms with Gasteiger partial charge in [0, 0.05) is 58.0 Å². The molecule has 16 bridgehead atoms. The highest BCUT2D eigenvalue weighted by Gasteiger charge is 2.70. The third-order valence-electron chi connectivity index (χ3n) is 31.2. The van der Waals surface area contributed by atoms with E-state index >= 15 is 0 Å². The minimum Gasteiger partial charge on any atom is -0.457 e. The van der Waals surface area contributed by atoms with E-state index in [2.05, 4.69) is 46.7 Å². The molecule has 13 saturated carbocycles. The Bertz CT molecular complexity index is 4850. The van der Waals surface area contributed by atoms with Gasteiger partial charge in [0.25, 0.3) is 20.2 Å². The number of fused-ring (bicyclic) bond motifs is 4. The summed E-state index contributed by atoms with van der Waals surface area (Å²) in [4.78, 5) is 151. The van der Waals surface area contributed by atoms with Gasteiger partial charge in [-0.25, -0.2) is 43.2 Å². The fourth-order valence-electron chi connectivity index (χ4n) is 24.5. The summed E-state index contributed by atoms with van der Waals surface area (Å²) in [6.07, 6.45) is 15.1. The molecule has 22 atom stereocenters. The molecule has 0 aromatic heterocycles. The molecule has 35 nitrogen and oxygen atoms in total. The van der Waals surface area contributed by atoms with Crippen LogP contribution in [0.25, 0.3) is 0 Å². The highest BCUT2D eigenvalue weighted by atomic mass is 32.2. The Morgan fingerprint density at radius 1 is 0.440 bits per heavy atom. The van der Waals surface area contributed by atoms with Crippen LogP contribution in [0.15, 0.2) is 60.8 Å². The number of rotatable bonds is 25. The molecular weight excluding hydrogens is 1790 g/mol. The van der Waals surface area contributed by atoms with Crippen molar-refractivity contribution in [3.05, 3.63) is 60.8 Å². The molecule has 8 heterocycles. The molecule has 22 unspecified atom stereocenters. The van der Waals surface area contributed by atoms with E-state index in [1.807, 2.05) is 20.8 Å². The lowest BCUT2D eigenvalue weighted by atomic mass is 9.47. The maximum Gasteiger partial charge on any atom is 0.344 e. The number of carbonyl (C=O) groups excluding carboxylic acids is 13. The van der Waals surface area contributed by atoms with Crippen LogP contribution in [-0.4, -0.2) is 232 Å². The number of aliphatic hydroxyl groups is 1. The molecule has 0 spiro atoms. The number of carbonyl (C=O) groups is 13. The maximum absolute atomic E-state index is 12.1. The van der Waals surface area contributed by atoms with Crippen molar-refractivity contribution in [1.82, 2.24) is 0 Å². The normalized spacial score (nSPS) is 37.6. The molecule has 13 aliphatic carbocycles. The van der Waals surface area contributed by atoms with Crippen LogP contribution in [0.4, 0.5) is 0 Å². The molecule has 37 heteroatoms. The smallest absolute Gasteiger partial charge is 0.344 e. The van der Waals surface area contributed by atoms with Crippen LogP contribution in [0.3, 0.4) is 0 Å². The lowest BCUT2D eigenvalue weighted by Crippen LogP contribution is -2.62. The molecule has 134 heavy (non-hydrogen) atoms. The lowest BCUT2D eigenvalue weighted by molar-refractivity contribution is -0.221. The van der Waals surface area contributed by atoms with Crippen LogP contribution < -0.4 is 0 Å². The van der Waals surface area contributed by atoms with Gasteiger partial charge in [-0.05, 0) is 252 Å². The molecule has 0 radical (unpaired) electrons. The molecule has 21 fully saturated rings. The molecule has 21 aliphatic rings. The Hall–Kier alpha value is -8.49. The minimum absolute atomic E-state index is 0.00284. The van der Waals surface area contributed by atoms with E-state index in [1.54, 1.807) is 48.5 Å². The molecule has 0 aromatic carbocycles. The molecular formula is C97H134O35S2. The first-order valence-electron chi connectivity index (χ1n) is 47.3. The van der Waals surface area contributed by atoms with Gasteiger partial charge in [-0.1, -0.05) is 60.6 Å². The zero-order valence-electron chi connectivity index (χ0n) is 79.4. The Morgan fingerprint density at radius 2 is 0.791 bits per heavy atom. The van der Waals surface area contributed by atoms with E-state index in [0.29, 0.717) is 104 Å². The zero-order chi connectivity index (χ0) is 98.1. The fraction of sp³-hybridized carbons (Fsp3) is 0.763.